The summed E-state index contributed by atoms with van der Waals surface area (Å²) in [5.41, 5.74) is 1.64. The average molecular weight is 435 g/mol. The van der Waals surface area contributed by atoms with Gasteiger partial charge in [-0.05, 0) is 48.6 Å². The Morgan fingerprint density at radius 1 is 1.31 bits per heavy atom. The third-order valence-corrected chi connectivity index (χ3v) is 6.56. The molecule has 2 aliphatic rings. The van der Waals surface area contributed by atoms with Crippen LogP contribution in [0, 0.1) is 5.92 Å². The normalized spacial score (nSPS) is 20.7. The summed E-state index contributed by atoms with van der Waals surface area (Å²) < 4.78 is 5.66. The number of carbonyl (C=O) groups excluding carboxylic acids is 1. The number of nitrogens with zero attached hydrogens (tertiary/aromatic N) is 2. The molecular formula is C22H24Cl2N2O3. The Labute approximate surface area is 180 Å². The van der Waals surface area contributed by atoms with Gasteiger partial charge in [-0.3, -0.25) is 9.78 Å². The molecule has 0 radical (unpaired) electrons. The van der Waals surface area contributed by atoms with Crippen LogP contribution in [-0.2, 0) is 23.2 Å². The second-order valence-corrected chi connectivity index (χ2v) is 8.72. The largest absolute Gasteiger partial charge is 0.493 e. The van der Waals surface area contributed by atoms with E-state index in [9.17, 15) is 9.90 Å². The average Bonchev–Trinajstić information content (AvgIpc) is 3.10. The third-order valence-electron chi connectivity index (χ3n) is 5.84. The van der Waals surface area contributed by atoms with E-state index in [2.05, 4.69) is 4.98 Å². The van der Waals surface area contributed by atoms with Gasteiger partial charge in [-0.15, -0.1) is 0 Å². The minimum absolute atomic E-state index is 0.0562. The highest BCUT2D eigenvalue weighted by atomic mass is 35.5. The lowest BCUT2D eigenvalue weighted by Crippen LogP contribution is -2.48. The van der Waals surface area contributed by atoms with Gasteiger partial charge in [0.25, 0.3) is 0 Å². The molecule has 1 N–H and O–H groups in total. The number of carbonyl (C=O) groups is 1. The first-order valence-electron chi connectivity index (χ1n) is 9.96. The molecule has 0 fully saturated rings. The molecule has 0 saturated heterocycles. The van der Waals surface area contributed by atoms with Crippen molar-refractivity contribution in [3.63, 3.8) is 0 Å². The van der Waals surface area contributed by atoms with Gasteiger partial charge in [0.2, 0.25) is 5.91 Å². The Balaban J connectivity index is 1.55. The van der Waals surface area contributed by atoms with Gasteiger partial charge in [0, 0.05) is 36.8 Å². The fraction of sp³-hybridized carbons (Fsp3) is 0.455. The number of benzene rings is 1. The van der Waals surface area contributed by atoms with E-state index >= 15 is 0 Å². The number of fused-ring (bicyclic) bond motifs is 2. The maximum atomic E-state index is 13.4. The predicted octanol–water partition coefficient (Wildman–Crippen LogP) is 4.01. The first kappa shape index (κ1) is 20.5. The minimum Gasteiger partial charge on any atom is -0.493 e. The zero-order valence-corrected chi connectivity index (χ0v) is 17.8. The second kappa shape index (κ2) is 8.13. The highest BCUT2D eigenvalue weighted by molar-refractivity contribution is 6.42. The highest BCUT2D eigenvalue weighted by Gasteiger charge is 2.40. The molecule has 0 spiro atoms. The van der Waals surface area contributed by atoms with Crippen LogP contribution in [0.3, 0.4) is 0 Å². The third kappa shape index (κ3) is 3.96. The quantitative estimate of drug-likeness (QED) is 0.771. The van der Waals surface area contributed by atoms with Gasteiger partial charge >= 0.3 is 0 Å². The van der Waals surface area contributed by atoms with Crippen molar-refractivity contribution in [1.29, 1.82) is 0 Å². The molecule has 0 bridgehead atoms. The molecule has 1 aliphatic heterocycles. The standard InChI is InChI=1S/C22H24Cl2N2O3/c1-2-6-26(13-22(28)4-7-29-20-3-5-25-12-17(20)22)21(27)16-8-14-10-18(23)19(24)11-15(14)9-16/h3,5,10-12,16,28H,2,4,6-9,13H2,1H3. The number of hydrogen-bond acceptors (Lipinski definition) is 4. The molecule has 1 atom stereocenters. The molecule has 5 nitrogen and oxygen atoms in total. The van der Waals surface area contributed by atoms with E-state index in [4.69, 9.17) is 27.9 Å². The van der Waals surface area contributed by atoms with Crippen molar-refractivity contribution in [1.82, 2.24) is 9.88 Å². The van der Waals surface area contributed by atoms with Gasteiger partial charge in [0.05, 0.1) is 23.2 Å². The van der Waals surface area contributed by atoms with Gasteiger partial charge in [0.15, 0.2) is 0 Å². The van der Waals surface area contributed by atoms with Crippen molar-refractivity contribution in [2.75, 3.05) is 19.7 Å². The molecule has 154 valence electrons. The van der Waals surface area contributed by atoms with Crippen molar-refractivity contribution >= 4 is 29.1 Å². The number of amides is 1. The van der Waals surface area contributed by atoms with Crippen LogP contribution in [0.4, 0.5) is 0 Å². The number of aromatic nitrogens is 1. The summed E-state index contributed by atoms with van der Waals surface area (Å²) in [6.07, 6.45) is 5.81. The number of aliphatic hydroxyl groups is 1. The molecule has 1 aromatic heterocycles. The SMILES string of the molecule is CCCN(CC1(O)CCOc2ccncc21)C(=O)C1Cc2cc(Cl)c(Cl)cc2C1. The second-order valence-electron chi connectivity index (χ2n) is 7.90. The van der Waals surface area contributed by atoms with Crippen LogP contribution >= 0.6 is 23.2 Å². The summed E-state index contributed by atoms with van der Waals surface area (Å²) in [6.45, 7) is 3.27. The summed E-state index contributed by atoms with van der Waals surface area (Å²) in [7, 11) is 0. The van der Waals surface area contributed by atoms with E-state index in [1.165, 1.54) is 0 Å². The van der Waals surface area contributed by atoms with E-state index in [-0.39, 0.29) is 18.4 Å². The van der Waals surface area contributed by atoms with Crippen LogP contribution in [-0.4, -0.2) is 40.6 Å². The van der Waals surface area contributed by atoms with Crippen LogP contribution in [0.1, 0.15) is 36.5 Å². The van der Waals surface area contributed by atoms with Crippen LogP contribution in [0.25, 0.3) is 0 Å². The van der Waals surface area contributed by atoms with Crippen molar-refractivity contribution in [2.45, 2.75) is 38.2 Å². The van der Waals surface area contributed by atoms with Crippen molar-refractivity contribution < 1.29 is 14.6 Å². The zero-order chi connectivity index (χ0) is 20.6. The summed E-state index contributed by atoms with van der Waals surface area (Å²) in [4.78, 5) is 19.3. The number of pyridine rings is 1. The topological polar surface area (TPSA) is 62.7 Å². The first-order chi connectivity index (χ1) is 13.9. The lowest BCUT2D eigenvalue weighted by molar-refractivity contribution is -0.140. The van der Waals surface area contributed by atoms with Crippen LogP contribution in [0.5, 0.6) is 5.75 Å². The number of ether oxygens (including phenoxy) is 1. The summed E-state index contributed by atoms with van der Waals surface area (Å²) in [6, 6.07) is 5.49. The Morgan fingerprint density at radius 3 is 2.66 bits per heavy atom. The number of rotatable bonds is 5. The van der Waals surface area contributed by atoms with Crippen LogP contribution in [0.15, 0.2) is 30.6 Å². The maximum Gasteiger partial charge on any atom is 0.226 e. The molecule has 1 amide bonds. The predicted molar refractivity (Wildman–Crippen MR) is 112 cm³/mol. The fourth-order valence-electron chi connectivity index (χ4n) is 4.38. The molecule has 1 aliphatic carbocycles. The lowest BCUT2D eigenvalue weighted by Gasteiger charge is -2.38. The van der Waals surface area contributed by atoms with Gasteiger partial charge in [-0.1, -0.05) is 30.1 Å². The smallest absolute Gasteiger partial charge is 0.226 e. The number of halogens is 2. The maximum absolute atomic E-state index is 13.4. The molecule has 1 unspecified atom stereocenters. The first-order valence-corrected chi connectivity index (χ1v) is 10.7. The fourth-order valence-corrected chi connectivity index (χ4v) is 4.76. The van der Waals surface area contributed by atoms with Crippen LogP contribution < -0.4 is 4.74 Å². The van der Waals surface area contributed by atoms with E-state index in [1.54, 1.807) is 23.4 Å². The molecule has 29 heavy (non-hydrogen) atoms. The molecule has 0 saturated carbocycles. The Hall–Kier alpha value is -1.82. The molecule has 4 rings (SSSR count). The molecule has 2 heterocycles. The van der Waals surface area contributed by atoms with Crippen molar-refractivity contribution in [3.8, 4) is 5.75 Å². The Kier molecular flexibility index (Phi) is 5.74. The van der Waals surface area contributed by atoms with Gasteiger partial charge in [-0.25, -0.2) is 0 Å². The molecule has 1 aromatic carbocycles. The van der Waals surface area contributed by atoms with E-state index in [1.807, 2.05) is 19.1 Å². The summed E-state index contributed by atoms with van der Waals surface area (Å²) in [5, 5.41) is 12.4. The molecular weight excluding hydrogens is 411 g/mol. The Morgan fingerprint density at radius 2 is 2.00 bits per heavy atom. The monoisotopic (exact) mass is 434 g/mol. The van der Waals surface area contributed by atoms with Crippen molar-refractivity contribution in [3.05, 3.63) is 57.3 Å². The summed E-state index contributed by atoms with van der Waals surface area (Å²) in [5.74, 6) is 0.527. The van der Waals surface area contributed by atoms with Gasteiger partial charge < -0.3 is 14.7 Å². The zero-order valence-electron chi connectivity index (χ0n) is 16.3. The lowest BCUT2D eigenvalue weighted by atomic mass is 9.88. The highest BCUT2D eigenvalue weighted by Crippen LogP contribution is 2.38. The minimum atomic E-state index is -1.16. The molecule has 2 aromatic rings. The molecule has 7 heteroatoms. The van der Waals surface area contributed by atoms with E-state index in [0.717, 1.165) is 17.5 Å². The van der Waals surface area contributed by atoms with E-state index < -0.39 is 5.60 Å². The summed E-state index contributed by atoms with van der Waals surface area (Å²) >= 11 is 12.3. The Bertz CT molecular complexity index is 905. The van der Waals surface area contributed by atoms with Crippen molar-refractivity contribution in [2.24, 2.45) is 5.92 Å². The van der Waals surface area contributed by atoms with Gasteiger partial charge in [0.1, 0.15) is 11.4 Å². The van der Waals surface area contributed by atoms with Gasteiger partial charge in [-0.2, -0.15) is 0 Å². The number of hydrogen-bond donors (Lipinski definition) is 1. The van der Waals surface area contributed by atoms with Crippen LogP contribution in [0.2, 0.25) is 10.0 Å². The van der Waals surface area contributed by atoms with E-state index in [0.29, 0.717) is 53.8 Å².